The van der Waals surface area contributed by atoms with Crippen molar-refractivity contribution < 1.29 is 9.72 Å². The number of nitro benzene ring substituents is 1. The Balaban J connectivity index is 1.95. The van der Waals surface area contributed by atoms with E-state index in [-0.39, 0.29) is 16.8 Å². The number of amides is 1. The van der Waals surface area contributed by atoms with Crippen LogP contribution in [0, 0.1) is 10.1 Å². The highest BCUT2D eigenvalue weighted by atomic mass is 32.2. The molecule has 0 radical (unpaired) electrons. The Morgan fingerprint density at radius 3 is 2.33 bits per heavy atom. The molecule has 21 heavy (non-hydrogen) atoms. The number of rotatable bonds is 5. The van der Waals surface area contributed by atoms with Crippen molar-refractivity contribution in [3.05, 3.63) is 64.7 Å². The fourth-order valence-electron chi connectivity index (χ4n) is 1.67. The standard InChI is InChI=1S/C15H14N2O3S/c1-11(15(18)16-12-5-3-2-4-6-12)21-14-9-7-13(8-10-14)17(19)20/h2-11H,1H3,(H,16,18). The second kappa shape index (κ2) is 6.90. The van der Waals surface area contributed by atoms with Gasteiger partial charge in [0.1, 0.15) is 0 Å². The van der Waals surface area contributed by atoms with Gasteiger partial charge in [-0.2, -0.15) is 0 Å². The van der Waals surface area contributed by atoms with Crippen molar-refractivity contribution >= 4 is 29.0 Å². The summed E-state index contributed by atoms with van der Waals surface area (Å²) < 4.78 is 0. The maximum absolute atomic E-state index is 12.1. The van der Waals surface area contributed by atoms with Gasteiger partial charge in [-0.15, -0.1) is 11.8 Å². The number of hydrogen-bond donors (Lipinski definition) is 1. The molecule has 1 unspecified atom stereocenters. The normalized spacial score (nSPS) is 11.7. The Morgan fingerprint density at radius 2 is 1.76 bits per heavy atom. The van der Waals surface area contributed by atoms with E-state index in [1.807, 2.05) is 30.3 Å². The van der Waals surface area contributed by atoms with Crippen molar-refractivity contribution in [3.63, 3.8) is 0 Å². The molecule has 0 bridgehead atoms. The predicted octanol–water partition coefficient (Wildman–Crippen LogP) is 3.71. The van der Waals surface area contributed by atoms with Crippen LogP contribution in [0.3, 0.4) is 0 Å². The summed E-state index contributed by atoms with van der Waals surface area (Å²) in [4.78, 5) is 23.0. The Hall–Kier alpha value is -2.34. The van der Waals surface area contributed by atoms with Gasteiger partial charge in [-0.1, -0.05) is 18.2 Å². The summed E-state index contributed by atoms with van der Waals surface area (Å²) in [5.74, 6) is -0.107. The van der Waals surface area contributed by atoms with Crippen LogP contribution in [0.15, 0.2) is 59.5 Å². The van der Waals surface area contributed by atoms with Gasteiger partial charge in [-0.3, -0.25) is 14.9 Å². The SMILES string of the molecule is CC(Sc1ccc([N+](=O)[O-])cc1)C(=O)Nc1ccccc1. The summed E-state index contributed by atoms with van der Waals surface area (Å²) in [6.45, 7) is 1.80. The number of anilines is 1. The van der Waals surface area contributed by atoms with Gasteiger partial charge in [0.05, 0.1) is 10.2 Å². The molecule has 0 aromatic heterocycles. The lowest BCUT2D eigenvalue weighted by Crippen LogP contribution is -2.22. The molecule has 2 rings (SSSR count). The number of carbonyl (C=O) groups is 1. The summed E-state index contributed by atoms with van der Waals surface area (Å²) in [5, 5.41) is 13.1. The molecule has 108 valence electrons. The third-order valence-electron chi connectivity index (χ3n) is 2.77. The zero-order valence-corrected chi connectivity index (χ0v) is 12.2. The van der Waals surface area contributed by atoms with Crippen LogP contribution in [0.2, 0.25) is 0 Å². The molecule has 1 N–H and O–H groups in total. The largest absolute Gasteiger partial charge is 0.325 e. The molecular weight excluding hydrogens is 288 g/mol. The van der Waals surface area contributed by atoms with E-state index in [0.29, 0.717) is 0 Å². The zero-order chi connectivity index (χ0) is 15.2. The molecule has 0 spiro atoms. The summed E-state index contributed by atoms with van der Waals surface area (Å²) in [7, 11) is 0. The number of nitrogens with one attached hydrogen (secondary N) is 1. The molecule has 1 atom stereocenters. The lowest BCUT2D eigenvalue weighted by Gasteiger charge is -2.11. The van der Waals surface area contributed by atoms with E-state index in [0.717, 1.165) is 10.6 Å². The van der Waals surface area contributed by atoms with E-state index >= 15 is 0 Å². The van der Waals surface area contributed by atoms with E-state index in [2.05, 4.69) is 5.32 Å². The summed E-state index contributed by atoms with van der Waals surface area (Å²) in [5.41, 5.74) is 0.791. The van der Waals surface area contributed by atoms with Gasteiger partial charge in [0.15, 0.2) is 0 Å². The molecule has 0 heterocycles. The Bertz CT molecular complexity index is 629. The smallest absolute Gasteiger partial charge is 0.269 e. The van der Waals surface area contributed by atoms with Gasteiger partial charge in [0.2, 0.25) is 5.91 Å². The van der Waals surface area contributed by atoms with Crippen LogP contribution in [0.4, 0.5) is 11.4 Å². The summed E-state index contributed by atoms with van der Waals surface area (Å²) in [6, 6.07) is 15.4. The molecule has 1 amide bonds. The molecule has 0 aliphatic heterocycles. The quantitative estimate of drug-likeness (QED) is 0.519. The molecule has 0 saturated carbocycles. The van der Waals surface area contributed by atoms with Crippen LogP contribution >= 0.6 is 11.8 Å². The molecular formula is C15H14N2O3S. The van der Waals surface area contributed by atoms with Gasteiger partial charge >= 0.3 is 0 Å². The number of para-hydroxylation sites is 1. The monoisotopic (exact) mass is 302 g/mol. The zero-order valence-electron chi connectivity index (χ0n) is 11.4. The van der Waals surface area contributed by atoms with E-state index in [9.17, 15) is 14.9 Å². The fraction of sp³-hybridized carbons (Fsp3) is 0.133. The Morgan fingerprint density at radius 1 is 1.14 bits per heavy atom. The fourth-order valence-corrected chi connectivity index (χ4v) is 2.54. The first kappa shape index (κ1) is 15.1. The average Bonchev–Trinajstić information content (AvgIpc) is 2.48. The number of carbonyl (C=O) groups excluding carboxylic acids is 1. The number of benzene rings is 2. The van der Waals surface area contributed by atoms with Crippen molar-refractivity contribution in [1.82, 2.24) is 0 Å². The van der Waals surface area contributed by atoms with Crippen molar-refractivity contribution in [2.24, 2.45) is 0 Å². The lowest BCUT2D eigenvalue weighted by molar-refractivity contribution is -0.384. The van der Waals surface area contributed by atoms with Crippen LogP contribution < -0.4 is 5.32 Å². The first-order valence-electron chi connectivity index (χ1n) is 6.33. The van der Waals surface area contributed by atoms with E-state index in [4.69, 9.17) is 0 Å². The molecule has 2 aromatic rings. The minimum atomic E-state index is -0.444. The van der Waals surface area contributed by atoms with Crippen LogP contribution in [-0.4, -0.2) is 16.1 Å². The third-order valence-corrected chi connectivity index (χ3v) is 3.88. The predicted molar refractivity (Wildman–Crippen MR) is 83.5 cm³/mol. The van der Waals surface area contributed by atoms with Crippen molar-refractivity contribution in [2.45, 2.75) is 17.1 Å². The van der Waals surface area contributed by atoms with Gasteiger partial charge in [0.25, 0.3) is 5.69 Å². The van der Waals surface area contributed by atoms with Crippen LogP contribution in [0.1, 0.15) is 6.92 Å². The molecule has 5 nitrogen and oxygen atoms in total. The lowest BCUT2D eigenvalue weighted by atomic mass is 10.3. The molecule has 0 fully saturated rings. The van der Waals surface area contributed by atoms with E-state index < -0.39 is 4.92 Å². The molecule has 0 aliphatic carbocycles. The summed E-state index contributed by atoms with van der Waals surface area (Å²) in [6.07, 6.45) is 0. The van der Waals surface area contributed by atoms with Gasteiger partial charge in [-0.05, 0) is 31.2 Å². The van der Waals surface area contributed by atoms with Crippen molar-refractivity contribution in [1.29, 1.82) is 0 Å². The third kappa shape index (κ3) is 4.32. The van der Waals surface area contributed by atoms with Crippen molar-refractivity contribution in [3.8, 4) is 0 Å². The highest BCUT2D eigenvalue weighted by Gasteiger charge is 2.15. The van der Waals surface area contributed by atoms with E-state index in [1.54, 1.807) is 19.1 Å². The van der Waals surface area contributed by atoms with E-state index in [1.165, 1.54) is 23.9 Å². The van der Waals surface area contributed by atoms with Crippen LogP contribution in [-0.2, 0) is 4.79 Å². The number of non-ortho nitro benzene ring substituents is 1. The number of nitrogens with zero attached hydrogens (tertiary/aromatic N) is 1. The van der Waals surface area contributed by atoms with Gasteiger partial charge in [0, 0.05) is 22.7 Å². The minimum Gasteiger partial charge on any atom is -0.325 e. The first-order chi connectivity index (χ1) is 10.1. The number of nitro groups is 1. The minimum absolute atomic E-state index is 0.0424. The topological polar surface area (TPSA) is 72.2 Å². The molecule has 2 aromatic carbocycles. The Labute approximate surface area is 126 Å². The second-order valence-electron chi connectivity index (χ2n) is 4.37. The van der Waals surface area contributed by atoms with Crippen LogP contribution in [0.25, 0.3) is 0 Å². The highest BCUT2D eigenvalue weighted by Crippen LogP contribution is 2.26. The molecule has 6 heteroatoms. The van der Waals surface area contributed by atoms with Gasteiger partial charge in [-0.25, -0.2) is 0 Å². The second-order valence-corrected chi connectivity index (χ2v) is 5.78. The van der Waals surface area contributed by atoms with Gasteiger partial charge < -0.3 is 5.32 Å². The maximum Gasteiger partial charge on any atom is 0.269 e. The van der Waals surface area contributed by atoms with Crippen molar-refractivity contribution in [2.75, 3.05) is 5.32 Å². The number of thioether (sulfide) groups is 1. The summed E-state index contributed by atoms with van der Waals surface area (Å²) >= 11 is 1.36. The molecule has 0 aliphatic rings. The van der Waals surface area contributed by atoms with Crippen LogP contribution in [0.5, 0.6) is 0 Å². The molecule has 0 saturated heterocycles. The maximum atomic E-state index is 12.1. The first-order valence-corrected chi connectivity index (χ1v) is 7.21. The highest BCUT2D eigenvalue weighted by molar-refractivity contribution is 8.00. The average molecular weight is 302 g/mol. The number of hydrogen-bond acceptors (Lipinski definition) is 4. The Kier molecular flexibility index (Phi) is 4.94.